The van der Waals surface area contributed by atoms with Crippen LogP contribution in [0.15, 0.2) is 63.4 Å². The first-order valence-corrected chi connectivity index (χ1v) is 18.8. The number of carbonyl (C=O) groups is 5. The third kappa shape index (κ3) is 8.36. The van der Waals surface area contributed by atoms with Crippen LogP contribution in [0.1, 0.15) is 74.0 Å². The van der Waals surface area contributed by atoms with E-state index in [0.29, 0.717) is 0 Å². The van der Waals surface area contributed by atoms with E-state index in [1.807, 2.05) is 0 Å². The number of amides is 4. The van der Waals surface area contributed by atoms with Crippen LogP contribution in [0.25, 0.3) is 21.9 Å². The average Bonchev–Trinajstić information content (AvgIpc) is 3.16. The molecule has 0 aromatic heterocycles. The summed E-state index contributed by atoms with van der Waals surface area (Å²) in [7, 11) is -10.1. The molecule has 0 aliphatic carbocycles. The Labute approximate surface area is 328 Å². The number of anilines is 2. The zero-order valence-electron chi connectivity index (χ0n) is 30.9. The van der Waals surface area contributed by atoms with Crippen LogP contribution in [-0.2, 0) is 20.0 Å². The molecule has 286 valence electrons. The van der Waals surface area contributed by atoms with Gasteiger partial charge in [-0.3, -0.25) is 19.2 Å². The van der Waals surface area contributed by atoms with Crippen molar-refractivity contribution in [2.24, 2.45) is 28.0 Å². The number of carbonyl (C=O) groups excluding carboxylic acids is 4. The standard InChI is InChI=1S/C27H20N8O10S2.C6H15N.Li.H/c28-23(36)12-3-4-13(24(29)37)19-18(12)14(25(30)38)8-16(20(19)26(31)39)33-15-6-5-11-10-2-1-9(34-32)7-17(10)46(42,43)35-47(44,45)22(11)21(15)27(40)41;1-4-7(5-2)6-3;;/h1-8,32-33,35H,(H2,28,36)(H2,29,37)(H2,30,38)(H2,31,39)(H,40,41);4-6H2,1-3H3;;/q;;+1;-1. The third-order valence-corrected chi connectivity index (χ3v) is 12.1. The van der Waals surface area contributed by atoms with Gasteiger partial charge in [0.25, 0.3) is 26.0 Å². The number of fused-ring (bicyclic) bond motifs is 4. The summed E-state index contributed by atoms with van der Waals surface area (Å²) < 4.78 is 54.7. The van der Waals surface area contributed by atoms with Crippen molar-refractivity contribution < 1.29 is 66.2 Å². The molecule has 1 heterocycles. The number of nitrogens with zero attached hydrogens (tertiary/aromatic N) is 2. The summed E-state index contributed by atoms with van der Waals surface area (Å²) in [5.41, 5.74) is 24.7. The monoisotopic (exact) mass is 789 g/mol. The van der Waals surface area contributed by atoms with Gasteiger partial charge in [-0.15, -0.1) is 4.13 Å². The van der Waals surface area contributed by atoms with Crippen molar-refractivity contribution >= 4 is 77.5 Å². The molecular formula is C33H36LiN9O10S2. The topological polar surface area (TPSA) is 341 Å². The summed E-state index contributed by atoms with van der Waals surface area (Å²) >= 11 is 0. The third-order valence-electron chi connectivity index (χ3n) is 8.47. The predicted molar refractivity (Wildman–Crippen MR) is 197 cm³/mol. The van der Waals surface area contributed by atoms with Crippen LogP contribution in [0.3, 0.4) is 0 Å². The van der Waals surface area contributed by atoms with Crippen molar-refractivity contribution in [1.82, 2.24) is 9.03 Å². The summed E-state index contributed by atoms with van der Waals surface area (Å²) in [5, 5.41) is 15.2. The maximum absolute atomic E-state index is 13.5. The quantitative estimate of drug-likeness (QED) is 0.0701. The summed E-state index contributed by atoms with van der Waals surface area (Å²) in [6, 6.07) is 8.36. The largest absolute Gasteiger partial charge is 1.00 e. The van der Waals surface area contributed by atoms with Crippen LogP contribution in [-0.4, -0.2) is 76.1 Å². The second-order valence-electron chi connectivity index (χ2n) is 11.5. The zero-order chi connectivity index (χ0) is 40.4. The number of aromatic carboxylic acids is 1. The molecule has 22 heteroatoms. The molecule has 0 radical (unpaired) electrons. The SMILES string of the molecule is CCN(CC)CC.N=Nc1ccc2c(c1)S(=O)(=O)NS(=O)(=O)c1c-2ccc(Nc2cc(C(N)=O)c3c(C(N)=O)ccc(C(N)=O)c3c2C(N)=O)c1C(=O)O.[H-].[Li+]. The molecule has 0 bridgehead atoms. The van der Waals surface area contributed by atoms with Crippen molar-refractivity contribution in [2.75, 3.05) is 25.0 Å². The molecule has 0 fully saturated rings. The van der Waals surface area contributed by atoms with Crippen molar-refractivity contribution in [3.63, 3.8) is 0 Å². The molecule has 0 atom stereocenters. The Morgan fingerprint density at radius 1 is 0.727 bits per heavy atom. The molecule has 0 spiro atoms. The van der Waals surface area contributed by atoms with Crippen molar-refractivity contribution in [1.29, 1.82) is 5.53 Å². The van der Waals surface area contributed by atoms with Crippen LogP contribution in [0.2, 0.25) is 0 Å². The van der Waals surface area contributed by atoms with Crippen molar-refractivity contribution in [3.8, 4) is 11.1 Å². The van der Waals surface area contributed by atoms with Gasteiger partial charge < -0.3 is 39.7 Å². The molecule has 1 aliphatic rings. The van der Waals surface area contributed by atoms with Crippen molar-refractivity contribution in [2.45, 2.75) is 30.6 Å². The number of hydrogen-bond donors (Lipinski definition) is 8. The Bertz CT molecular complexity index is 2530. The molecule has 4 aromatic rings. The molecular weight excluding hydrogens is 753 g/mol. The number of hydrogen-bond acceptors (Lipinski definition) is 13. The minimum absolute atomic E-state index is 0. The van der Waals surface area contributed by atoms with Gasteiger partial charge in [0, 0.05) is 38.6 Å². The van der Waals surface area contributed by atoms with Gasteiger partial charge in [0.1, 0.15) is 10.5 Å². The Morgan fingerprint density at radius 3 is 1.71 bits per heavy atom. The number of sulfonamides is 2. The number of nitrogens with one attached hydrogen (secondary N) is 3. The summed E-state index contributed by atoms with van der Waals surface area (Å²) in [6.45, 7) is 10.1. The fourth-order valence-corrected chi connectivity index (χ4v) is 9.51. The summed E-state index contributed by atoms with van der Waals surface area (Å²) in [6.07, 6.45) is 0. The maximum atomic E-state index is 13.5. The maximum Gasteiger partial charge on any atom is 1.00 e. The van der Waals surface area contributed by atoms with E-state index >= 15 is 0 Å². The van der Waals surface area contributed by atoms with E-state index in [2.05, 4.69) is 36.1 Å². The number of nitrogens with two attached hydrogens (primary N) is 4. The van der Waals surface area contributed by atoms with Crippen LogP contribution in [0.4, 0.5) is 17.1 Å². The van der Waals surface area contributed by atoms with Gasteiger partial charge in [-0.05, 0) is 56.0 Å². The van der Waals surface area contributed by atoms with Gasteiger partial charge in [0.05, 0.1) is 27.5 Å². The summed E-state index contributed by atoms with van der Waals surface area (Å²) in [4.78, 5) is 63.7. The average molecular weight is 790 g/mol. The molecule has 0 saturated carbocycles. The zero-order valence-corrected chi connectivity index (χ0v) is 31.5. The van der Waals surface area contributed by atoms with Gasteiger partial charge in [-0.1, -0.05) is 32.9 Å². The van der Waals surface area contributed by atoms with Gasteiger partial charge >= 0.3 is 24.8 Å². The van der Waals surface area contributed by atoms with E-state index in [1.165, 1.54) is 29.8 Å². The molecule has 0 unspecified atom stereocenters. The van der Waals surface area contributed by atoms with Gasteiger partial charge in [-0.25, -0.2) is 27.2 Å². The number of carboxylic acids is 1. The summed E-state index contributed by atoms with van der Waals surface area (Å²) in [5.74, 6) is -6.62. The molecule has 4 aromatic carbocycles. The van der Waals surface area contributed by atoms with E-state index < -0.39 is 98.5 Å². The van der Waals surface area contributed by atoms with Crippen LogP contribution in [0, 0.1) is 5.53 Å². The minimum atomic E-state index is -5.19. The smallest absolute Gasteiger partial charge is 1.00 e. The molecule has 0 saturated heterocycles. The van der Waals surface area contributed by atoms with Gasteiger partial charge in [0.15, 0.2) is 0 Å². The fourth-order valence-electron chi connectivity index (χ4n) is 5.99. The molecule has 1 aliphatic heterocycles. The normalized spacial score (nSPS) is 13.5. The molecule has 5 rings (SSSR count). The Hall–Kier alpha value is -5.69. The van der Waals surface area contributed by atoms with E-state index in [-0.39, 0.29) is 48.1 Å². The molecule has 12 N–H and O–H groups in total. The Kier molecular flexibility index (Phi) is 13.3. The van der Waals surface area contributed by atoms with E-state index in [9.17, 15) is 45.9 Å². The van der Waals surface area contributed by atoms with Crippen molar-refractivity contribution in [3.05, 3.63) is 76.3 Å². The first kappa shape index (κ1) is 43.7. The minimum Gasteiger partial charge on any atom is -1.00 e. The predicted octanol–water partition coefficient (Wildman–Crippen LogP) is -0.548. The molecule has 19 nitrogen and oxygen atoms in total. The number of primary amides is 4. The molecule has 4 amide bonds. The molecule has 55 heavy (non-hydrogen) atoms. The van der Waals surface area contributed by atoms with E-state index in [1.54, 1.807) is 0 Å². The van der Waals surface area contributed by atoms with Crippen LogP contribution >= 0.6 is 0 Å². The first-order chi connectivity index (χ1) is 25.3. The Morgan fingerprint density at radius 2 is 1.25 bits per heavy atom. The van der Waals surface area contributed by atoms with E-state index in [0.717, 1.165) is 42.5 Å². The van der Waals surface area contributed by atoms with Crippen LogP contribution in [0.5, 0.6) is 0 Å². The second kappa shape index (κ2) is 16.8. The number of carboxylic acid groups (broad SMARTS) is 1. The van der Waals surface area contributed by atoms with Crippen LogP contribution < -0.4 is 51.2 Å². The fraction of sp³-hybridized carbons (Fsp3) is 0.182. The number of rotatable bonds is 11. The first-order valence-electron chi connectivity index (χ1n) is 15.8. The second-order valence-corrected chi connectivity index (χ2v) is 15.0. The van der Waals surface area contributed by atoms with Gasteiger partial charge in [0.2, 0.25) is 17.7 Å². The van der Waals surface area contributed by atoms with E-state index in [4.69, 9.17) is 28.5 Å². The van der Waals surface area contributed by atoms with Gasteiger partial charge in [-0.2, -0.15) is 5.11 Å². The number of benzene rings is 4. The Balaban J connectivity index is 0.00000110.